The lowest BCUT2D eigenvalue weighted by atomic mass is 10.1. The van der Waals surface area contributed by atoms with Gasteiger partial charge in [-0.05, 0) is 48.7 Å². The van der Waals surface area contributed by atoms with E-state index in [4.69, 9.17) is 5.11 Å². The average Bonchev–Trinajstić information content (AvgIpc) is 2.64. The van der Waals surface area contributed by atoms with Crippen molar-refractivity contribution < 1.29 is 18.3 Å². The van der Waals surface area contributed by atoms with Crippen LogP contribution in [0.2, 0.25) is 0 Å². The molecule has 1 aliphatic heterocycles. The molecule has 1 saturated heterocycles. The summed E-state index contributed by atoms with van der Waals surface area (Å²) < 4.78 is 27.5. The van der Waals surface area contributed by atoms with Gasteiger partial charge in [-0.15, -0.1) is 0 Å². The van der Waals surface area contributed by atoms with E-state index in [0.717, 1.165) is 16.7 Å². The van der Waals surface area contributed by atoms with E-state index in [1.807, 2.05) is 38.1 Å². The van der Waals surface area contributed by atoms with E-state index in [-0.39, 0.29) is 5.56 Å². The molecule has 27 heavy (non-hydrogen) atoms. The van der Waals surface area contributed by atoms with Crippen molar-refractivity contribution in [3.63, 3.8) is 0 Å². The number of aromatic carboxylic acids is 1. The molecule has 2 aromatic rings. The Morgan fingerprint density at radius 3 is 2.22 bits per heavy atom. The zero-order chi connectivity index (χ0) is 19.6. The molecule has 1 fully saturated rings. The van der Waals surface area contributed by atoms with Crippen LogP contribution in [-0.4, -0.2) is 54.9 Å². The standard InChI is InChI=1S/C20H24N2O4S/c1-15-3-4-16(2)19(13-15)27(25,26)22-11-9-21(10-12-22)14-17-5-7-18(8-6-17)20(23)24/h3-8,13H,9-12,14H2,1-2H3,(H,23,24). The second-order valence-electron chi connectivity index (χ2n) is 6.95. The summed E-state index contributed by atoms with van der Waals surface area (Å²) >= 11 is 0. The van der Waals surface area contributed by atoms with Gasteiger partial charge < -0.3 is 5.11 Å². The van der Waals surface area contributed by atoms with Crippen molar-refractivity contribution in [1.82, 2.24) is 9.21 Å². The third kappa shape index (κ3) is 4.37. The number of hydrogen-bond donors (Lipinski definition) is 1. The zero-order valence-corrected chi connectivity index (χ0v) is 16.4. The van der Waals surface area contributed by atoms with Crippen LogP contribution in [0.3, 0.4) is 0 Å². The van der Waals surface area contributed by atoms with Gasteiger partial charge in [0.25, 0.3) is 0 Å². The van der Waals surface area contributed by atoms with E-state index < -0.39 is 16.0 Å². The first-order valence-electron chi connectivity index (χ1n) is 8.89. The van der Waals surface area contributed by atoms with Crippen LogP contribution in [0.25, 0.3) is 0 Å². The maximum atomic E-state index is 13.0. The molecule has 3 rings (SSSR count). The van der Waals surface area contributed by atoms with Crippen LogP contribution in [0.5, 0.6) is 0 Å². The van der Waals surface area contributed by atoms with E-state index in [0.29, 0.717) is 37.6 Å². The molecule has 0 bridgehead atoms. The topological polar surface area (TPSA) is 77.9 Å². The van der Waals surface area contributed by atoms with Crippen molar-refractivity contribution in [2.45, 2.75) is 25.3 Å². The molecule has 0 amide bonds. The van der Waals surface area contributed by atoms with Gasteiger partial charge in [-0.1, -0.05) is 24.3 Å². The van der Waals surface area contributed by atoms with Crippen molar-refractivity contribution >= 4 is 16.0 Å². The predicted octanol–water partition coefficient (Wildman–Crippen LogP) is 2.51. The lowest BCUT2D eigenvalue weighted by Crippen LogP contribution is -2.48. The summed E-state index contributed by atoms with van der Waals surface area (Å²) in [6.45, 7) is 6.58. The number of nitrogens with zero attached hydrogens (tertiary/aromatic N) is 2. The van der Waals surface area contributed by atoms with Gasteiger partial charge in [-0.2, -0.15) is 4.31 Å². The minimum atomic E-state index is -3.49. The number of aryl methyl sites for hydroxylation is 2. The third-order valence-corrected chi connectivity index (χ3v) is 6.94. The monoisotopic (exact) mass is 388 g/mol. The molecule has 1 aliphatic rings. The fourth-order valence-electron chi connectivity index (χ4n) is 3.26. The first-order chi connectivity index (χ1) is 12.8. The van der Waals surface area contributed by atoms with Crippen molar-refractivity contribution in [1.29, 1.82) is 0 Å². The Bertz CT molecular complexity index is 931. The molecule has 0 saturated carbocycles. The summed E-state index contributed by atoms with van der Waals surface area (Å²) in [6, 6.07) is 12.3. The predicted molar refractivity (Wildman–Crippen MR) is 103 cm³/mol. The molecule has 7 heteroatoms. The first kappa shape index (κ1) is 19.5. The number of carboxylic acid groups (broad SMARTS) is 1. The van der Waals surface area contributed by atoms with E-state index in [9.17, 15) is 13.2 Å². The molecule has 0 aromatic heterocycles. The van der Waals surface area contributed by atoms with Gasteiger partial charge >= 0.3 is 5.97 Å². The van der Waals surface area contributed by atoms with Gasteiger partial charge in [0.1, 0.15) is 0 Å². The first-order valence-corrected chi connectivity index (χ1v) is 10.3. The number of carbonyl (C=O) groups is 1. The van der Waals surface area contributed by atoms with E-state index in [1.165, 1.54) is 0 Å². The van der Waals surface area contributed by atoms with Gasteiger partial charge in [-0.25, -0.2) is 13.2 Å². The molecule has 144 valence electrons. The van der Waals surface area contributed by atoms with E-state index in [1.54, 1.807) is 22.5 Å². The second-order valence-corrected chi connectivity index (χ2v) is 8.86. The maximum absolute atomic E-state index is 13.0. The minimum Gasteiger partial charge on any atom is -0.478 e. The summed E-state index contributed by atoms with van der Waals surface area (Å²) in [4.78, 5) is 13.5. The van der Waals surface area contributed by atoms with Crippen LogP contribution in [0.15, 0.2) is 47.4 Å². The van der Waals surface area contributed by atoms with Crippen LogP contribution >= 0.6 is 0 Å². The highest BCUT2D eigenvalue weighted by atomic mass is 32.2. The Labute approximate surface area is 160 Å². The van der Waals surface area contributed by atoms with Crippen molar-refractivity contribution in [3.05, 3.63) is 64.7 Å². The molecule has 0 radical (unpaired) electrons. The Balaban J connectivity index is 1.64. The summed E-state index contributed by atoms with van der Waals surface area (Å²) in [5.74, 6) is -0.938. The summed E-state index contributed by atoms with van der Waals surface area (Å²) in [7, 11) is -3.49. The van der Waals surface area contributed by atoms with Crippen LogP contribution in [0, 0.1) is 13.8 Å². The van der Waals surface area contributed by atoms with E-state index in [2.05, 4.69) is 4.90 Å². The summed E-state index contributed by atoms with van der Waals surface area (Å²) in [5, 5.41) is 8.96. The number of rotatable bonds is 5. The Morgan fingerprint density at radius 1 is 1.00 bits per heavy atom. The zero-order valence-electron chi connectivity index (χ0n) is 15.6. The Kier molecular flexibility index (Phi) is 5.64. The SMILES string of the molecule is Cc1ccc(C)c(S(=O)(=O)N2CCN(Cc3ccc(C(=O)O)cc3)CC2)c1. The van der Waals surface area contributed by atoms with Crippen molar-refractivity contribution in [2.75, 3.05) is 26.2 Å². The molecule has 0 atom stereocenters. The average molecular weight is 388 g/mol. The highest BCUT2D eigenvalue weighted by Gasteiger charge is 2.29. The van der Waals surface area contributed by atoms with Crippen LogP contribution < -0.4 is 0 Å². The van der Waals surface area contributed by atoms with Crippen LogP contribution in [0.4, 0.5) is 0 Å². The Morgan fingerprint density at radius 2 is 1.63 bits per heavy atom. The van der Waals surface area contributed by atoms with Gasteiger partial charge in [0.15, 0.2) is 0 Å². The maximum Gasteiger partial charge on any atom is 0.335 e. The minimum absolute atomic E-state index is 0.267. The second kappa shape index (κ2) is 7.80. The van der Waals surface area contributed by atoms with Gasteiger partial charge in [-0.3, -0.25) is 4.90 Å². The van der Waals surface area contributed by atoms with Crippen LogP contribution in [0.1, 0.15) is 27.0 Å². The van der Waals surface area contributed by atoms with Gasteiger partial charge in [0, 0.05) is 32.7 Å². The smallest absolute Gasteiger partial charge is 0.335 e. The molecular weight excluding hydrogens is 364 g/mol. The fourth-order valence-corrected chi connectivity index (χ4v) is 5.00. The van der Waals surface area contributed by atoms with Gasteiger partial charge in [0.2, 0.25) is 10.0 Å². The number of sulfonamides is 1. The molecule has 6 nitrogen and oxygen atoms in total. The number of piperazine rings is 1. The number of carboxylic acids is 1. The Hall–Kier alpha value is -2.22. The lowest BCUT2D eigenvalue weighted by molar-refractivity contribution is 0.0697. The van der Waals surface area contributed by atoms with Gasteiger partial charge in [0.05, 0.1) is 10.5 Å². The van der Waals surface area contributed by atoms with E-state index >= 15 is 0 Å². The molecule has 0 spiro atoms. The molecule has 1 N–H and O–H groups in total. The highest BCUT2D eigenvalue weighted by molar-refractivity contribution is 7.89. The number of hydrogen-bond acceptors (Lipinski definition) is 4. The highest BCUT2D eigenvalue weighted by Crippen LogP contribution is 2.23. The summed E-state index contributed by atoms with van der Waals surface area (Å²) in [5.41, 5.74) is 2.98. The molecule has 0 unspecified atom stereocenters. The quantitative estimate of drug-likeness (QED) is 0.852. The largest absolute Gasteiger partial charge is 0.478 e. The molecule has 0 aliphatic carbocycles. The molecule has 2 aromatic carbocycles. The fraction of sp³-hybridized carbons (Fsp3) is 0.350. The van der Waals surface area contributed by atoms with Crippen molar-refractivity contribution in [2.24, 2.45) is 0 Å². The normalized spacial score (nSPS) is 16.4. The van der Waals surface area contributed by atoms with Crippen molar-refractivity contribution in [3.8, 4) is 0 Å². The number of benzene rings is 2. The summed E-state index contributed by atoms with van der Waals surface area (Å²) in [6.07, 6.45) is 0. The third-order valence-electron chi connectivity index (χ3n) is 4.90. The lowest BCUT2D eigenvalue weighted by Gasteiger charge is -2.34. The molecule has 1 heterocycles. The molecular formula is C20H24N2O4S. The van der Waals surface area contributed by atoms with Crippen LogP contribution in [-0.2, 0) is 16.6 Å².